The molecule has 0 unspecified atom stereocenters. The van der Waals surface area contributed by atoms with E-state index in [1.807, 2.05) is 12.1 Å². The van der Waals surface area contributed by atoms with E-state index in [-0.39, 0.29) is 5.41 Å². The fourth-order valence-corrected chi connectivity index (χ4v) is 8.82. The Bertz CT molecular complexity index is 2990. The van der Waals surface area contributed by atoms with Gasteiger partial charge in [0, 0.05) is 21.9 Å². The van der Waals surface area contributed by atoms with Gasteiger partial charge in [0.2, 0.25) is 0 Å². The molecule has 1 aliphatic carbocycles. The molecule has 1 aromatic heterocycles. The molecule has 276 valence electrons. The fraction of sp³-hybridized carbons (Fsp3) is 0.0714. The first kappa shape index (κ1) is 35.3. The molecule has 2 heteroatoms. The molecule has 0 saturated carbocycles. The standard InChI is InChI=1S/C56H42N2/c1-56(2)50-30-11-9-28-48(50)53-45(26-16-31-51(53)56)37-47(34-38-17-13-22-41(33-38)39-18-5-3-6-19-39)44-25-14-23-42(35-44)43-24-15-27-46(36-43)55-57-52-32-12-10-29-49(52)54(58-55)40-20-7-4-8-21-40/h3-36H,37H2,1-2H3/b47-34-. The van der Waals surface area contributed by atoms with Crippen molar-refractivity contribution in [1.82, 2.24) is 9.97 Å². The molecule has 10 rings (SSSR count). The predicted octanol–water partition coefficient (Wildman–Crippen LogP) is 14.4. The summed E-state index contributed by atoms with van der Waals surface area (Å²) >= 11 is 0. The number of nitrogens with zero attached hydrogens (tertiary/aromatic N) is 2. The lowest BCUT2D eigenvalue weighted by atomic mass is 9.82. The quantitative estimate of drug-likeness (QED) is 0.145. The zero-order valence-electron chi connectivity index (χ0n) is 32.7. The first-order valence-electron chi connectivity index (χ1n) is 20.1. The van der Waals surface area contributed by atoms with E-state index in [1.54, 1.807) is 0 Å². The van der Waals surface area contributed by atoms with Crippen molar-refractivity contribution in [3.63, 3.8) is 0 Å². The number of hydrogen-bond donors (Lipinski definition) is 0. The van der Waals surface area contributed by atoms with E-state index >= 15 is 0 Å². The highest BCUT2D eigenvalue weighted by Crippen LogP contribution is 2.50. The average Bonchev–Trinajstić information content (AvgIpc) is 3.53. The third kappa shape index (κ3) is 6.53. The highest BCUT2D eigenvalue weighted by atomic mass is 14.9. The van der Waals surface area contributed by atoms with Gasteiger partial charge in [-0.15, -0.1) is 0 Å². The Morgan fingerprint density at radius 2 is 1.09 bits per heavy atom. The van der Waals surface area contributed by atoms with E-state index in [2.05, 4.69) is 208 Å². The molecule has 0 saturated heterocycles. The Morgan fingerprint density at radius 1 is 0.483 bits per heavy atom. The van der Waals surface area contributed by atoms with Crippen LogP contribution in [0.2, 0.25) is 0 Å². The number of aromatic nitrogens is 2. The summed E-state index contributed by atoms with van der Waals surface area (Å²) in [6.07, 6.45) is 3.18. The Labute approximate surface area is 340 Å². The lowest BCUT2D eigenvalue weighted by molar-refractivity contribution is 0.660. The van der Waals surface area contributed by atoms with Gasteiger partial charge in [-0.25, -0.2) is 9.97 Å². The molecule has 9 aromatic rings. The number of hydrogen-bond acceptors (Lipinski definition) is 2. The van der Waals surface area contributed by atoms with E-state index < -0.39 is 0 Å². The third-order valence-corrected chi connectivity index (χ3v) is 11.7. The van der Waals surface area contributed by atoms with Gasteiger partial charge in [0.25, 0.3) is 0 Å². The largest absolute Gasteiger partial charge is 0.228 e. The van der Waals surface area contributed by atoms with Gasteiger partial charge < -0.3 is 0 Å². The lowest BCUT2D eigenvalue weighted by Gasteiger charge is -2.21. The van der Waals surface area contributed by atoms with Crippen LogP contribution < -0.4 is 0 Å². The molecule has 8 aromatic carbocycles. The SMILES string of the molecule is CC1(C)c2ccccc2-c2c(C/C(=C/c3cccc(-c4ccccc4)c3)c3cccc(-c4cccc(-c5nc(-c6ccccc6)c6ccccc6n5)c4)c3)cccc21. The van der Waals surface area contributed by atoms with Crippen LogP contribution in [-0.4, -0.2) is 9.97 Å². The van der Waals surface area contributed by atoms with Crippen molar-refractivity contribution < 1.29 is 0 Å². The predicted molar refractivity (Wildman–Crippen MR) is 243 cm³/mol. The summed E-state index contributed by atoms with van der Waals surface area (Å²) in [5.74, 6) is 0.718. The van der Waals surface area contributed by atoms with Crippen molar-refractivity contribution in [2.75, 3.05) is 0 Å². The van der Waals surface area contributed by atoms with Crippen molar-refractivity contribution >= 4 is 22.6 Å². The molecular weight excluding hydrogens is 701 g/mol. The summed E-state index contributed by atoms with van der Waals surface area (Å²) in [6, 6.07) is 71.8. The van der Waals surface area contributed by atoms with Crippen molar-refractivity contribution in [1.29, 1.82) is 0 Å². The highest BCUT2D eigenvalue weighted by Gasteiger charge is 2.36. The maximum absolute atomic E-state index is 5.18. The molecule has 0 N–H and O–H groups in total. The third-order valence-electron chi connectivity index (χ3n) is 11.7. The molecule has 0 radical (unpaired) electrons. The Morgan fingerprint density at radius 3 is 1.91 bits per heavy atom. The molecule has 0 spiro atoms. The summed E-state index contributed by atoms with van der Waals surface area (Å²) in [5, 5.41) is 1.05. The zero-order chi connectivity index (χ0) is 39.1. The van der Waals surface area contributed by atoms with Crippen LogP contribution in [-0.2, 0) is 11.8 Å². The number of allylic oxidation sites excluding steroid dienone is 1. The molecule has 0 aliphatic heterocycles. The Balaban J connectivity index is 1.08. The second-order valence-electron chi connectivity index (χ2n) is 15.8. The van der Waals surface area contributed by atoms with Gasteiger partial charge in [0.05, 0.1) is 11.2 Å². The molecule has 1 heterocycles. The molecular formula is C56H42N2. The van der Waals surface area contributed by atoms with E-state index in [0.717, 1.165) is 51.1 Å². The van der Waals surface area contributed by atoms with Crippen LogP contribution in [0.1, 0.15) is 41.7 Å². The monoisotopic (exact) mass is 742 g/mol. The van der Waals surface area contributed by atoms with Crippen LogP contribution in [0, 0.1) is 0 Å². The molecule has 0 amide bonds. The minimum absolute atomic E-state index is 0.0582. The van der Waals surface area contributed by atoms with E-state index in [4.69, 9.17) is 9.97 Å². The number of fused-ring (bicyclic) bond motifs is 4. The van der Waals surface area contributed by atoms with Crippen molar-refractivity contribution in [3.05, 3.63) is 228 Å². The van der Waals surface area contributed by atoms with Crippen molar-refractivity contribution in [2.45, 2.75) is 25.7 Å². The van der Waals surface area contributed by atoms with Crippen molar-refractivity contribution in [3.8, 4) is 56.0 Å². The fourth-order valence-electron chi connectivity index (χ4n) is 8.82. The first-order chi connectivity index (χ1) is 28.5. The van der Waals surface area contributed by atoms with Crippen LogP contribution in [0.25, 0.3) is 78.6 Å². The number of rotatable bonds is 8. The maximum Gasteiger partial charge on any atom is 0.160 e. The molecule has 1 aliphatic rings. The maximum atomic E-state index is 5.18. The van der Waals surface area contributed by atoms with E-state index in [9.17, 15) is 0 Å². The van der Waals surface area contributed by atoms with Crippen LogP contribution >= 0.6 is 0 Å². The van der Waals surface area contributed by atoms with Gasteiger partial charge in [-0.1, -0.05) is 196 Å². The molecule has 0 atom stereocenters. The number of para-hydroxylation sites is 1. The molecule has 58 heavy (non-hydrogen) atoms. The Kier molecular flexibility index (Phi) is 8.96. The number of benzene rings is 8. The average molecular weight is 743 g/mol. The van der Waals surface area contributed by atoms with Crippen LogP contribution in [0.4, 0.5) is 0 Å². The van der Waals surface area contributed by atoms with Gasteiger partial charge in [0.15, 0.2) is 5.82 Å². The normalized spacial score (nSPS) is 13.0. The van der Waals surface area contributed by atoms with Gasteiger partial charge in [-0.3, -0.25) is 0 Å². The summed E-state index contributed by atoms with van der Waals surface area (Å²) in [7, 11) is 0. The van der Waals surface area contributed by atoms with Crippen molar-refractivity contribution in [2.24, 2.45) is 0 Å². The summed E-state index contributed by atoms with van der Waals surface area (Å²) in [4.78, 5) is 10.2. The molecule has 2 nitrogen and oxygen atoms in total. The lowest BCUT2D eigenvalue weighted by Crippen LogP contribution is -2.14. The first-order valence-corrected chi connectivity index (χ1v) is 20.1. The highest BCUT2D eigenvalue weighted by molar-refractivity contribution is 5.94. The van der Waals surface area contributed by atoms with Gasteiger partial charge in [-0.2, -0.15) is 0 Å². The summed E-state index contributed by atoms with van der Waals surface area (Å²) < 4.78 is 0. The van der Waals surface area contributed by atoms with Gasteiger partial charge in [-0.05, 0) is 97.5 Å². The van der Waals surface area contributed by atoms with Crippen LogP contribution in [0.5, 0.6) is 0 Å². The Hall–Kier alpha value is -7.16. The molecule has 0 fully saturated rings. The van der Waals surface area contributed by atoms with Gasteiger partial charge >= 0.3 is 0 Å². The van der Waals surface area contributed by atoms with Gasteiger partial charge in [0.1, 0.15) is 0 Å². The second kappa shape index (κ2) is 14.7. The second-order valence-corrected chi connectivity index (χ2v) is 15.8. The van der Waals surface area contributed by atoms with E-state index in [0.29, 0.717) is 0 Å². The summed E-state index contributed by atoms with van der Waals surface area (Å²) in [6.45, 7) is 4.71. The molecule has 0 bridgehead atoms. The minimum atomic E-state index is -0.0582. The smallest absolute Gasteiger partial charge is 0.160 e. The van der Waals surface area contributed by atoms with Crippen LogP contribution in [0.3, 0.4) is 0 Å². The summed E-state index contributed by atoms with van der Waals surface area (Å²) in [5.41, 5.74) is 19.1. The van der Waals surface area contributed by atoms with Crippen LogP contribution in [0.15, 0.2) is 200 Å². The zero-order valence-corrected chi connectivity index (χ0v) is 32.7. The minimum Gasteiger partial charge on any atom is -0.228 e. The topological polar surface area (TPSA) is 25.8 Å². The van der Waals surface area contributed by atoms with E-state index in [1.165, 1.54) is 55.6 Å².